The number of carbonyl (C=O) groups excluding carboxylic acids is 1. The van der Waals surface area contributed by atoms with Gasteiger partial charge in [-0.05, 0) is 67.4 Å². The number of alkyl halides is 3. The van der Waals surface area contributed by atoms with E-state index in [-0.39, 0.29) is 17.2 Å². The van der Waals surface area contributed by atoms with Gasteiger partial charge in [0.15, 0.2) is 5.65 Å². The SMILES string of the molecule is CCNC(=O)Nc1nc2c(-c3cccc(C(F)(F)F)c3)c(C)c(-c3ccnn3-c3ccc(C#N)cc3)cn2n1. The summed E-state index contributed by atoms with van der Waals surface area (Å²) in [6.07, 6.45) is -1.25. The van der Waals surface area contributed by atoms with Gasteiger partial charge in [0.05, 0.1) is 34.8 Å². The van der Waals surface area contributed by atoms with E-state index >= 15 is 0 Å². The molecule has 2 aromatic carbocycles. The molecule has 0 radical (unpaired) electrons. The zero-order chi connectivity index (χ0) is 27.7. The monoisotopic (exact) mass is 530 g/mol. The van der Waals surface area contributed by atoms with E-state index in [1.54, 1.807) is 67.3 Å². The van der Waals surface area contributed by atoms with Crippen LogP contribution in [-0.4, -0.2) is 37.0 Å². The third-order valence-electron chi connectivity index (χ3n) is 6.09. The second-order valence-electron chi connectivity index (χ2n) is 8.60. The lowest BCUT2D eigenvalue weighted by molar-refractivity contribution is -0.137. The minimum atomic E-state index is -4.54. The molecule has 0 aliphatic carbocycles. The molecule has 0 bridgehead atoms. The fourth-order valence-electron chi connectivity index (χ4n) is 4.31. The van der Waals surface area contributed by atoms with Gasteiger partial charge in [0, 0.05) is 23.9 Å². The van der Waals surface area contributed by atoms with Gasteiger partial charge in [0.25, 0.3) is 5.95 Å². The first-order chi connectivity index (χ1) is 18.7. The molecule has 2 N–H and O–H groups in total. The molecule has 0 aliphatic heterocycles. The molecular weight excluding hydrogens is 509 g/mol. The smallest absolute Gasteiger partial charge is 0.338 e. The summed E-state index contributed by atoms with van der Waals surface area (Å²) < 4.78 is 43.9. The molecule has 0 saturated heterocycles. The molecule has 39 heavy (non-hydrogen) atoms. The highest BCUT2D eigenvalue weighted by molar-refractivity contribution is 5.90. The number of fused-ring (bicyclic) bond motifs is 1. The molecule has 9 nitrogen and oxygen atoms in total. The predicted octanol–water partition coefficient (Wildman–Crippen LogP) is 5.59. The van der Waals surface area contributed by atoms with Crippen LogP contribution in [0.25, 0.3) is 33.7 Å². The van der Waals surface area contributed by atoms with Crippen molar-refractivity contribution in [1.29, 1.82) is 5.26 Å². The Morgan fingerprint density at radius 3 is 2.59 bits per heavy atom. The molecule has 5 rings (SSSR count). The third-order valence-corrected chi connectivity index (χ3v) is 6.09. The summed E-state index contributed by atoms with van der Waals surface area (Å²) in [5, 5.41) is 23.1. The molecular formula is C27H21F3N8O. The second-order valence-corrected chi connectivity index (χ2v) is 8.60. The van der Waals surface area contributed by atoms with Crippen molar-refractivity contribution in [1.82, 2.24) is 29.7 Å². The summed E-state index contributed by atoms with van der Waals surface area (Å²) in [4.78, 5) is 16.5. The first-order valence-electron chi connectivity index (χ1n) is 11.9. The second kappa shape index (κ2) is 9.94. The number of hydrogen-bond acceptors (Lipinski definition) is 5. The van der Waals surface area contributed by atoms with Crippen LogP contribution in [0.4, 0.5) is 23.9 Å². The first-order valence-corrected chi connectivity index (χ1v) is 11.9. The summed E-state index contributed by atoms with van der Waals surface area (Å²) in [5.74, 6) is -0.00803. The van der Waals surface area contributed by atoms with E-state index in [0.717, 1.165) is 12.1 Å². The average molecular weight is 531 g/mol. The van der Waals surface area contributed by atoms with E-state index in [1.807, 2.05) is 0 Å². The first kappa shape index (κ1) is 25.5. The Morgan fingerprint density at radius 2 is 1.90 bits per heavy atom. The van der Waals surface area contributed by atoms with Crippen LogP contribution in [0.15, 0.2) is 67.0 Å². The Hall–Kier alpha value is -5.18. The van der Waals surface area contributed by atoms with Crippen molar-refractivity contribution in [2.45, 2.75) is 20.0 Å². The maximum absolute atomic E-state index is 13.6. The Morgan fingerprint density at radius 1 is 1.13 bits per heavy atom. The van der Waals surface area contributed by atoms with Gasteiger partial charge in [-0.25, -0.2) is 14.0 Å². The van der Waals surface area contributed by atoms with Gasteiger partial charge in [0.2, 0.25) is 0 Å². The van der Waals surface area contributed by atoms with Gasteiger partial charge in [0.1, 0.15) is 0 Å². The molecule has 0 atom stereocenters. The molecule has 196 valence electrons. The summed E-state index contributed by atoms with van der Waals surface area (Å²) in [6.45, 7) is 3.93. The van der Waals surface area contributed by atoms with Crippen LogP contribution in [0.1, 0.15) is 23.6 Å². The number of pyridine rings is 1. The van der Waals surface area contributed by atoms with E-state index in [2.05, 4.69) is 31.9 Å². The van der Waals surface area contributed by atoms with Crippen LogP contribution in [-0.2, 0) is 6.18 Å². The summed E-state index contributed by atoms with van der Waals surface area (Å²) in [5.41, 5.74) is 3.26. The van der Waals surface area contributed by atoms with Crippen LogP contribution in [0.5, 0.6) is 0 Å². The minimum Gasteiger partial charge on any atom is -0.338 e. The molecule has 0 saturated carbocycles. The maximum atomic E-state index is 13.6. The maximum Gasteiger partial charge on any atom is 0.416 e. The molecule has 0 spiro atoms. The number of nitrogens with one attached hydrogen (secondary N) is 2. The van der Waals surface area contributed by atoms with Gasteiger partial charge < -0.3 is 5.32 Å². The van der Waals surface area contributed by atoms with Crippen molar-refractivity contribution in [2.75, 3.05) is 11.9 Å². The van der Waals surface area contributed by atoms with Crippen LogP contribution in [0, 0.1) is 18.3 Å². The number of urea groups is 1. The fraction of sp³-hybridized carbons (Fsp3) is 0.148. The lowest BCUT2D eigenvalue weighted by Crippen LogP contribution is -2.28. The minimum absolute atomic E-state index is 0.00803. The zero-order valence-corrected chi connectivity index (χ0v) is 20.8. The number of nitrogens with zero attached hydrogens (tertiary/aromatic N) is 6. The highest BCUT2D eigenvalue weighted by Gasteiger charge is 2.31. The average Bonchev–Trinajstić information content (AvgIpc) is 3.55. The van der Waals surface area contributed by atoms with Crippen LogP contribution in [0.2, 0.25) is 0 Å². The number of rotatable bonds is 5. The number of halogens is 3. The van der Waals surface area contributed by atoms with E-state index in [1.165, 1.54) is 10.6 Å². The number of amides is 2. The van der Waals surface area contributed by atoms with E-state index < -0.39 is 17.8 Å². The van der Waals surface area contributed by atoms with Crippen molar-refractivity contribution < 1.29 is 18.0 Å². The number of nitriles is 1. The molecule has 0 unspecified atom stereocenters. The molecule has 2 amide bonds. The van der Waals surface area contributed by atoms with E-state index in [0.29, 0.717) is 40.2 Å². The van der Waals surface area contributed by atoms with Crippen LogP contribution in [0.3, 0.4) is 0 Å². The Balaban J connectivity index is 1.73. The lowest BCUT2D eigenvalue weighted by Gasteiger charge is -2.16. The summed E-state index contributed by atoms with van der Waals surface area (Å²) >= 11 is 0. The van der Waals surface area contributed by atoms with Crippen molar-refractivity contribution in [3.8, 4) is 34.1 Å². The quantitative estimate of drug-likeness (QED) is 0.308. The summed E-state index contributed by atoms with van der Waals surface area (Å²) in [7, 11) is 0. The van der Waals surface area contributed by atoms with E-state index in [4.69, 9.17) is 5.26 Å². The molecule has 3 aromatic heterocycles. The van der Waals surface area contributed by atoms with Crippen molar-refractivity contribution in [3.63, 3.8) is 0 Å². The van der Waals surface area contributed by atoms with Crippen molar-refractivity contribution in [3.05, 3.63) is 83.7 Å². The van der Waals surface area contributed by atoms with Gasteiger partial charge in [-0.15, -0.1) is 5.10 Å². The molecule has 12 heteroatoms. The van der Waals surface area contributed by atoms with Gasteiger partial charge >= 0.3 is 12.2 Å². The van der Waals surface area contributed by atoms with Crippen molar-refractivity contribution in [2.24, 2.45) is 0 Å². The van der Waals surface area contributed by atoms with Crippen molar-refractivity contribution >= 4 is 17.6 Å². The lowest BCUT2D eigenvalue weighted by atomic mass is 9.95. The van der Waals surface area contributed by atoms with E-state index in [9.17, 15) is 18.0 Å². The van der Waals surface area contributed by atoms with Gasteiger partial charge in [-0.2, -0.15) is 28.5 Å². The van der Waals surface area contributed by atoms with Gasteiger partial charge in [-0.1, -0.05) is 12.1 Å². The van der Waals surface area contributed by atoms with Crippen LogP contribution < -0.4 is 10.6 Å². The largest absolute Gasteiger partial charge is 0.416 e. The number of carbonyl (C=O) groups is 1. The Kier molecular flexibility index (Phi) is 6.49. The highest BCUT2D eigenvalue weighted by Crippen LogP contribution is 2.38. The predicted molar refractivity (Wildman–Crippen MR) is 138 cm³/mol. The zero-order valence-electron chi connectivity index (χ0n) is 20.8. The fourth-order valence-corrected chi connectivity index (χ4v) is 4.31. The Bertz CT molecular complexity index is 1730. The number of hydrogen-bond donors (Lipinski definition) is 2. The normalized spacial score (nSPS) is 11.4. The van der Waals surface area contributed by atoms with Gasteiger partial charge in [-0.3, -0.25) is 5.32 Å². The van der Waals surface area contributed by atoms with Crippen LogP contribution >= 0.6 is 0 Å². The molecule has 5 aromatic rings. The number of aromatic nitrogens is 5. The topological polar surface area (TPSA) is 113 Å². The Labute approximate surface area is 220 Å². The number of anilines is 1. The number of benzene rings is 2. The summed E-state index contributed by atoms with van der Waals surface area (Å²) in [6, 6.07) is 15.2. The third kappa shape index (κ3) is 4.89. The molecule has 0 aliphatic rings. The highest BCUT2D eigenvalue weighted by atomic mass is 19.4. The molecule has 0 fully saturated rings. The molecule has 3 heterocycles. The standard InChI is InChI=1S/C27H21F3N8O/c1-3-32-26(39)35-25-34-24-23(18-5-4-6-19(13-18)27(28,29)30)16(2)21(15-37(24)36-25)22-11-12-33-38(22)20-9-7-17(14-31)8-10-20/h4-13,15H,3H2,1-2H3,(H2,32,35,36,39).